The Morgan fingerprint density at radius 2 is 2.06 bits per heavy atom. The Morgan fingerprint density at radius 1 is 1.24 bits per heavy atom. The molecule has 2 aromatic rings. The van der Waals surface area contributed by atoms with Gasteiger partial charge in [-0.25, -0.2) is 0 Å². The van der Waals surface area contributed by atoms with Crippen molar-refractivity contribution in [2.75, 3.05) is 13.1 Å². The summed E-state index contributed by atoms with van der Waals surface area (Å²) < 4.78 is 4.84. The van der Waals surface area contributed by atoms with Crippen LogP contribution in [0.4, 0.5) is 0 Å². The molecule has 8 atom stereocenters. The molecular weight excluding hydrogens is 420 g/mol. The molecule has 7 heteroatoms. The van der Waals surface area contributed by atoms with Gasteiger partial charge in [0.05, 0.1) is 23.5 Å². The molecule has 1 saturated carbocycles. The van der Waals surface area contributed by atoms with Crippen molar-refractivity contribution in [3.63, 3.8) is 0 Å². The Bertz CT molecular complexity index is 1070. The number of aliphatic carboxylic acids is 1. The maximum absolute atomic E-state index is 11.0. The Balaban J connectivity index is 0.000000174. The molecule has 0 amide bonds. The topological polar surface area (TPSA) is 100.0 Å². The third-order valence-electron chi connectivity index (χ3n) is 7.94. The van der Waals surface area contributed by atoms with Gasteiger partial charge in [0.1, 0.15) is 6.10 Å². The van der Waals surface area contributed by atoms with E-state index in [0.717, 1.165) is 36.0 Å². The number of esters is 1. The molecule has 2 N–H and O–H groups in total. The number of fused-ring (bicyclic) bond motifs is 6. The number of carboxylic acid groups (broad SMARTS) is 1. The molecule has 33 heavy (non-hydrogen) atoms. The number of aromatic nitrogens is 1. The lowest BCUT2D eigenvalue weighted by atomic mass is 9.73. The van der Waals surface area contributed by atoms with E-state index in [1.807, 2.05) is 30.5 Å². The lowest BCUT2D eigenvalue weighted by Crippen LogP contribution is -2.54. The first kappa shape index (κ1) is 22.0. The van der Waals surface area contributed by atoms with Gasteiger partial charge in [-0.05, 0) is 61.8 Å². The van der Waals surface area contributed by atoms with Crippen LogP contribution in [-0.4, -0.2) is 57.3 Å². The van der Waals surface area contributed by atoms with Gasteiger partial charge in [0.25, 0.3) is 0 Å². The zero-order chi connectivity index (χ0) is 23.1. The van der Waals surface area contributed by atoms with E-state index < -0.39 is 18.0 Å². The predicted molar refractivity (Wildman–Crippen MR) is 122 cm³/mol. The fraction of sp³-hybridized carbons (Fsp3) is 0.500. The van der Waals surface area contributed by atoms with Crippen LogP contribution in [0, 0.1) is 23.7 Å². The van der Waals surface area contributed by atoms with Gasteiger partial charge in [0.2, 0.25) is 0 Å². The summed E-state index contributed by atoms with van der Waals surface area (Å²) in [7, 11) is 0. The van der Waals surface area contributed by atoms with E-state index in [-0.39, 0.29) is 24.0 Å². The summed E-state index contributed by atoms with van der Waals surface area (Å²) in [5, 5.41) is 20.7. The van der Waals surface area contributed by atoms with Gasteiger partial charge < -0.3 is 14.9 Å². The van der Waals surface area contributed by atoms with Crippen molar-refractivity contribution >= 4 is 22.8 Å². The molecule has 1 aliphatic carbocycles. The Morgan fingerprint density at radius 3 is 2.70 bits per heavy atom. The van der Waals surface area contributed by atoms with E-state index in [2.05, 4.69) is 28.6 Å². The third kappa shape index (κ3) is 4.04. The van der Waals surface area contributed by atoms with E-state index in [1.165, 1.54) is 6.42 Å². The van der Waals surface area contributed by atoms with Gasteiger partial charge in [-0.2, -0.15) is 0 Å². The number of pyridine rings is 1. The number of carbonyl (C=O) groups excluding carboxylic acids is 1. The molecule has 5 fully saturated rings. The predicted octanol–water partition coefficient (Wildman–Crippen LogP) is 3.19. The highest BCUT2D eigenvalue weighted by Gasteiger charge is 2.51. The summed E-state index contributed by atoms with van der Waals surface area (Å²) in [6.07, 6.45) is 6.76. The Hall–Kier alpha value is -2.77. The van der Waals surface area contributed by atoms with Crippen LogP contribution in [0.25, 0.3) is 10.9 Å². The second kappa shape index (κ2) is 8.88. The van der Waals surface area contributed by atoms with Crippen LogP contribution in [-0.2, 0) is 14.3 Å². The molecule has 5 aliphatic rings. The number of hydrogen-bond donors (Lipinski definition) is 2. The average molecular weight is 451 g/mol. The second-order valence-corrected chi connectivity index (χ2v) is 9.69. The maximum Gasteiger partial charge on any atom is 0.310 e. The molecule has 0 radical (unpaired) electrons. The number of rotatable bonds is 4. The summed E-state index contributed by atoms with van der Waals surface area (Å²) in [5.74, 6) is -0.775. The molecule has 2 unspecified atom stereocenters. The van der Waals surface area contributed by atoms with Crippen LogP contribution >= 0.6 is 0 Å². The van der Waals surface area contributed by atoms with E-state index in [1.54, 1.807) is 0 Å². The molecule has 7 nitrogen and oxygen atoms in total. The quantitative estimate of drug-likeness (QED) is 0.545. The zero-order valence-electron chi connectivity index (χ0n) is 18.5. The molecule has 174 valence electrons. The maximum atomic E-state index is 11.0. The minimum absolute atomic E-state index is 0.117. The van der Waals surface area contributed by atoms with Crippen LogP contribution < -0.4 is 0 Å². The smallest absolute Gasteiger partial charge is 0.310 e. The van der Waals surface area contributed by atoms with Gasteiger partial charge in [-0.15, -0.1) is 6.58 Å². The van der Waals surface area contributed by atoms with Crippen molar-refractivity contribution in [1.29, 1.82) is 0 Å². The van der Waals surface area contributed by atoms with E-state index in [0.29, 0.717) is 24.7 Å². The molecule has 1 aromatic heterocycles. The third-order valence-corrected chi connectivity index (χ3v) is 7.94. The number of aliphatic hydroxyl groups excluding tert-OH is 1. The number of ether oxygens (including phenoxy) is 1. The molecule has 5 heterocycles. The van der Waals surface area contributed by atoms with Crippen LogP contribution in [0.2, 0.25) is 0 Å². The standard InChI is InChI=1S/C19H22N2O.C7H8O4/c1-2-13-12-21-10-8-14(13)11-18(21)19(22)16-7-9-20-17-6-4-3-5-15(16)17;8-6(9)4-1-3-2-5(4)7(10)11-3/h2-7,9,13-14,18-19,22H,1,8,10-12H2;3-5H,1-2H2,(H,8,9)/t13-,14?,18-,19+;3-,4-,5-/m01/s1. The number of carboxylic acids is 1. The number of aliphatic hydroxyl groups is 1. The first-order valence-corrected chi connectivity index (χ1v) is 11.8. The van der Waals surface area contributed by atoms with Crippen molar-refractivity contribution < 1.29 is 24.5 Å². The largest absolute Gasteiger partial charge is 0.481 e. The normalized spacial score (nSPS) is 34.9. The summed E-state index contributed by atoms with van der Waals surface area (Å²) in [6.45, 7) is 6.11. The highest BCUT2D eigenvalue weighted by molar-refractivity contribution is 5.84. The molecule has 0 spiro atoms. The van der Waals surface area contributed by atoms with Crippen LogP contribution in [0.15, 0.2) is 49.2 Å². The van der Waals surface area contributed by atoms with Crippen molar-refractivity contribution in [2.45, 2.75) is 43.9 Å². The van der Waals surface area contributed by atoms with Gasteiger partial charge in [-0.1, -0.05) is 24.3 Å². The summed E-state index contributed by atoms with van der Waals surface area (Å²) in [4.78, 5) is 28.2. The number of nitrogens with zero attached hydrogens (tertiary/aromatic N) is 2. The molecular formula is C26H30N2O5. The van der Waals surface area contributed by atoms with E-state index in [9.17, 15) is 14.7 Å². The SMILES string of the molecule is C=C[C@H]1CN2CCC1C[C@H]2[C@H](O)c1ccnc2ccccc12.O=C(O)[C@@H]1C[C@@H]2C[C@H]1C(=O)O2. The first-order chi connectivity index (χ1) is 16.0. The Kier molecular flexibility index (Phi) is 5.93. The van der Waals surface area contributed by atoms with Gasteiger partial charge in [0, 0.05) is 24.2 Å². The average Bonchev–Trinajstić information content (AvgIpc) is 3.44. The van der Waals surface area contributed by atoms with Crippen molar-refractivity contribution in [1.82, 2.24) is 9.88 Å². The number of piperidine rings is 3. The monoisotopic (exact) mass is 450 g/mol. The molecule has 4 aliphatic heterocycles. The number of benzene rings is 1. The minimum atomic E-state index is -0.867. The molecule has 7 rings (SSSR count). The molecule has 4 saturated heterocycles. The first-order valence-electron chi connectivity index (χ1n) is 11.8. The fourth-order valence-electron chi connectivity index (χ4n) is 6.16. The highest BCUT2D eigenvalue weighted by atomic mass is 16.6. The lowest BCUT2D eigenvalue weighted by molar-refractivity contribution is -0.158. The van der Waals surface area contributed by atoms with Crippen LogP contribution in [0.5, 0.6) is 0 Å². The summed E-state index contributed by atoms with van der Waals surface area (Å²) in [5.41, 5.74) is 1.97. The Labute approximate surface area is 193 Å². The lowest BCUT2D eigenvalue weighted by Gasteiger charge is -2.50. The second-order valence-electron chi connectivity index (χ2n) is 9.69. The number of carbonyl (C=O) groups is 2. The number of hydrogen-bond acceptors (Lipinski definition) is 6. The van der Waals surface area contributed by atoms with Crippen LogP contribution in [0.3, 0.4) is 0 Å². The number of para-hydroxylation sites is 1. The molecule has 4 bridgehead atoms. The summed E-state index contributed by atoms with van der Waals surface area (Å²) in [6, 6.07) is 10.3. The van der Waals surface area contributed by atoms with Crippen molar-refractivity contribution in [3.8, 4) is 0 Å². The van der Waals surface area contributed by atoms with Crippen LogP contribution in [0.1, 0.15) is 37.4 Å². The van der Waals surface area contributed by atoms with Gasteiger partial charge >= 0.3 is 11.9 Å². The van der Waals surface area contributed by atoms with E-state index >= 15 is 0 Å². The summed E-state index contributed by atoms with van der Waals surface area (Å²) >= 11 is 0. The van der Waals surface area contributed by atoms with E-state index in [4.69, 9.17) is 9.84 Å². The van der Waals surface area contributed by atoms with Gasteiger partial charge in [-0.3, -0.25) is 19.5 Å². The van der Waals surface area contributed by atoms with Crippen molar-refractivity contribution in [2.24, 2.45) is 23.7 Å². The zero-order valence-corrected chi connectivity index (χ0v) is 18.5. The van der Waals surface area contributed by atoms with Crippen molar-refractivity contribution in [3.05, 3.63) is 54.7 Å². The fourth-order valence-corrected chi connectivity index (χ4v) is 6.16. The van der Waals surface area contributed by atoms with Gasteiger partial charge in [0.15, 0.2) is 0 Å². The highest BCUT2D eigenvalue weighted by Crippen LogP contribution is 2.42. The molecule has 1 aromatic carbocycles. The minimum Gasteiger partial charge on any atom is -0.481 e.